The minimum atomic E-state index is 0.520. The molecule has 0 atom stereocenters. The molecule has 17 heavy (non-hydrogen) atoms. The number of hydrogen-bond acceptors (Lipinski definition) is 1. The van der Waals surface area contributed by atoms with Crippen molar-refractivity contribution < 1.29 is 0 Å². The Labute approximate surface area is 103 Å². The Morgan fingerprint density at radius 3 is 2.35 bits per heavy atom. The Balaban J connectivity index is 2.53. The second-order valence-corrected chi connectivity index (χ2v) is 5.10. The summed E-state index contributed by atoms with van der Waals surface area (Å²) in [5.41, 5.74) is 4.02. The Bertz CT molecular complexity index is 482. The largest absolute Gasteiger partial charge is 0.306 e. The van der Waals surface area contributed by atoms with Gasteiger partial charge in [0.25, 0.3) is 0 Å². The lowest BCUT2D eigenvalue weighted by atomic mass is 9.94. The molecule has 0 aliphatic carbocycles. The first-order valence-corrected chi connectivity index (χ1v) is 6.21. The molecule has 1 heterocycles. The smallest absolute Gasteiger partial charge is 0.0991 e. The summed E-state index contributed by atoms with van der Waals surface area (Å²) in [6.07, 6.45) is 5.67. The number of benzene rings is 1. The average molecular weight is 228 g/mol. The molecule has 1 aromatic carbocycles. The summed E-state index contributed by atoms with van der Waals surface area (Å²) in [4.78, 5) is 4.12. The summed E-state index contributed by atoms with van der Waals surface area (Å²) in [5.74, 6) is 1.09. The molecule has 0 spiro atoms. The fraction of sp³-hybridized carbons (Fsp3) is 0.400. The fourth-order valence-electron chi connectivity index (χ4n) is 2.03. The minimum absolute atomic E-state index is 0.520. The summed E-state index contributed by atoms with van der Waals surface area (Å²) in [6.45, 7) is 8.94. The van der Waals surface area contributed by atoms with Crippen LogP contribution >= 0.6 is 0 Å². The lowest BCUT2D eigenvalue weighted by Crippen LogP contribution is -2.01. The monoisotopic (exact) mass is 228 g/mol. The normalized spacial score (nSPS) is 11.4. The van der Waals surface area contributed by atoms with E-state index in [4.69, 9.17) is 0 Å². The van der Waals surface area contributed by atoms with Gasteiger partial charge < -0.3 is 4.57 Å². The highest BCUT2D eigenvalue weighted by atomic mass is 15.0. The van der Waals surface area contributed by atoms with E-state index in [1.807, 2.05) is 18.7 Å². The molecule has 2 aromatic rings. The van der Waals surface area contributed by atoms with Crippen LogP contribution in [0.15, 0.2) is 36.9 Å². The van der Waals surface area contributed by atoms with E-state index < -0.39 is 0 Å². The molecule has 2 rings (SSSR count). The van der Waals surface area contributed by atoms with Crippen molar-refractivity contribution in [3.63, 3.8) is 0 Å². The van der Waals surface area contributed by atoms with Crippen LogP contribution < -0.4 is 0 Å². The van der Waals surface area contributed by atoms with Gasteiger partial charge in [0.1, 0.15) is 0 Å². The number of rotatable bonds is 3. The van der Waals surface area contributed by atoms with Gasteiger partial charge in [-0.3, -0.25) is 0 Å². The van der Waals surface area contributed by atoms with Gasteiger partial charge in [-0.1, -0.05) is 39.8 Å². The fourth-order valence-corrected chi connectivity index (χ4v) is 2.03. The minimum Gasteiger partial charge on any atom is -0.306 e. The maximum absolute atomic E-state index is 4.12. The first-order chi connectivity index (χ1) is 8.09. The third kappa shape index (κ3) is 2.41. The summed E-state index contributed by atoms with van der Waals surface area (Å²) in [5, 5.41) is 0. The van der Waals surface area contributed by atoms with Crippen LogP contribution in [0.25, 0.3) is 5.69 Å². The number of aromatic nitrogens is 2. The van der Waals surface area contributed by atoms with Gasteiger partial charge in [0.2, 0.25) is 0 Å². The van der Waals surface area contributed by atoms with Crippen LogP contribution in [-0.4, -0.2) is 9.55 Å². The van der Waals surface area contributed by atoms with Crippen LogP contribution in [0, 0.1) is 0 Å². The van der Waals surface area contributed by atoms with E-state index in [0.717, 1.165) is 0 Å². The molecule has 0 aliphatic rings. The van der Waals surface area contributed by atoms with Crippen LogP contribution in [0.5, 0.6) is 0 Å². The summed E-state index contributed by atoms with van der Waals surface area (Å²) < 4.78 is 2.08. The summed E-state index contributed by atoms with van der Waals surface area (Å²) >= 11 is 0. The Morgan fingerprint density at radius 1 is 1.06 bits per heavy atom. The Hall–Kier alpha value is -1.57. The van der Waals surface area contributed by atoms with Crippen molar-refractivity contribution in [2.75, 3.05) is 0 Å². The van der Waals surface area contributed by atoms with Crippen LogP contribution in [-0.2, 0) is 0 Å². The highest BCUT2D eigenvalue weighted by Crippen LogP contribution is 2.27. The molecule has 0 bridgehead atoms. The third-order valence-corrected chi connectivity index (χ3v) is 3.12. The Morgan fingerprint density at radius 2 is 1.82 bits per heavy atom. The van der Waals surface area contributed by atoms with Crippen molar-refractivity contribution in [2.45, 2.75) is 39.5 Å². The lowest BCUT2D eigenvalue weighted by molar-refractivity contribution is 0.820. The van der Waals surface area contributed by atoms with Gasteiger partial charge in [-0.25, -0.2) is 4.98 Å². The van der Waals surface area contributed by atoms with Gasteiger partial charge in [-0.15, -0.1) is 0 Å². The predicted octanol–water partition coefficient (Wildman–Crippen LogP) is 4.12. The highest BCUT2D eigenvalue weighted by Gasteiger charge is 2.10. The quantitative estimate of drug-likeness (QED) is 0.772. The molecule has 0 saturated heterocycles. The van der Waals surface area contributed by atoms with Crippen LogP contribution in [0.4, 0.5) is 0 Å². The van der Waals surface area contributed by atoms with Crippen molar-refractivity contribution in [3.05, 3.63) is 48.0 Å². The second-order valence-electron chi connectivity index (χ2n) is 5.10. The van der Waals surface area contributed by atoms with Crippen LogP contribution in [0.3, 0.4) is 0 Å². The van der Waals surface area contributed by atoms with Gasteiger partial charge in [0, 0.05) is 18.1 Å². The van der Waals surface area contributed by atoms with E-state index in [2.05, 4.69) is 55.4 Å². The maximum atomic E-state index is 4.12. The van der Waals surface area contributed by atoms with E-state index in [0.29, 0.717) is 11.8 Å². The Kier molecular flexibility index (Phi) is 3.32. The van der Waals surface area contributed by atoms with Gasteiger partial charge in [-0.05, 0) is 29.0 Å². The third-order valence-electron chi connectivity index (χ3n) is 3.12. The molecular formula is C15H20N2. The van der Waals surface area contributed by atoms with Crippen molar-refractivity contribution in [1.82, 2.24) is 9.55 Å². The molecule has 2 nitrogen and oxygen atoms in total. The maximum Gasteiger partial charge on any atom is 0.0991 e. The van der Waals surface area contributed by atoms with Gasteiger partial charge in [-0.2, -0.15) is 0 Å². The van der Waals surface area contributed by atoms with E-state index in [-0.39, 0.29) is 0 Å². The average Bonchev–Trinajstić information content (AvgIpc) is 2.81. The SMILES string of the molecule is CC(C)c1ccc(-n2ccnc2)c(C(C)C)c1. The molecule has 0 radical (unpaired) electrons. The van der Waals surface area contributed by atoms with E-state index in [1.54, 1.807) is 0 Å². The number of hydrogen-bond donors (Lipinski definition) is 0. The molecular weight excluding hydrogens is 208 g/mol. The first-order valence-electron chi connectivity index (χ1n) is 6.21. The van der Waals surface area contributed by atoms with Gasteiger partial charge in [0.05, 0.1) is 6.33 Å². The summed E-state index contributed by atoms with van der Waals surface area (Å²) in [6, 6.07) is 6.74. The predicted molar refractivity (Wildman–Crippen MR) is 71.7 cm³/mol. The van der Waals surface area contributed by atoms with Crippen LogP contribution in [0.2, 0.25) is 0 Å². The van der Waals surface area contributed by atoms with E-state index >= 15 is 0 Å². The highest BCUT2D eigenvalue weighted by molar-refractivity contribution is 5.46. The van der Waals surface area contributed by atoms with E-state index in [1.165, 1.54) is 16.8 Å². The first kappa shape index (κ1) is 11.9. The van der Waals surface area contributed by atoms with Gasteiger partial charge in [0.15, 0.2) is 0 Å². The number of nitrogens with zero attached hydrogens (tertiary/aromatic N) is 2. The zero-order valence-electron chi connectivity index (χ0n) is 11.0. The molecule has 0 fully saturated rings. The molecule has 0 aliphatic heterocycles. The zero-order valence-corrected chi connectivity index (χ0v) is 11.0. The van der Waals surface area contributed by atoms with Crippen molar-refractivity contribution in [2.24, 2.45) is 0 Å². The van der Waals surface area contributed by atoms with Crippen molar-refractivity contribution in [3.8, 4) is 5.69 Å². The summed E-state index contributed by atoms with van der Waals surface area (Å²) in [7, 11) is 0. The molecule has 2 heteroatoms. The molecule has 90 valence electrons. The molecule has 0 saturated carbocycles. The molecule has 0 N–H and O–H groups in total. The molecule has 1 aromatic heterocycles. The topological polar surface area (TPSA) is 17.8 Å². The zero-order chi connectivity index (χ0) is 12.4. The van der Waals surface area contributed by atoms with Gasteiger partial charge >= 0.3 is 0 Å². The van der Waals surface area contributed by atoms with E-state index in [9.17, 15) is 0 Å². The molecule has 0 unspecified atom stereocenters. The number of imidazole rings is 1. The lowest BCUT2D eigenvalue weighted by Gasteiger charge is -2.16. The molecule has 0 amide bonds. The van der Waals surface area contributed by atoms with Crippen molar-refractivity contribution in [1.29, 1.82) is 0 Å². The van der Waals surface area contributed by atoms with Crippen LogP contribution in [0.1, 0.15) is 50.7 Å². The van der Waals surface area contributed by atoms with Crippen molar-refractivity contribution >= 4 is 0 Å². The standard InChI is InChI=1S/C15H20N2/c1-11(2)13-5-6-15(14(9-13)12(3)4)17-8-7-16-10-17/h5-12H,1-4H3. The second kappa shape index (κ2) is 4.74.